The van der Waals surface area contributed by atoms with E-state index in [2.05, 4.69) is 6.07 Å². The minimum Gasteiger partial charge on any atom is -0.387 e. The van der Waals surface area contributed by atoms with Gasteiger partial charge in [0.25, 0.3) is 5.91 Å². The predicted molar refractivity (Wildman–Crippen MR) is 93.7 cm³/mol. The smallest absolute Gasteiger partial charge is 0.263 e. The van der Waals surface area contributed by atoms with E-state index in [1.165, 1.54) is 10.4 Å². The third-order valence-electron chi connectivity index (χ3n) is 5.64. The van der Waals surface area contributed by atoms with Gasteiger partial charge in [-0.2, -0.15) is 0 Å². The Hall–Kier alpha value is -1.44. The molecule has 7 heteroatoms. The van der Waals surface area contributed by atoms with Crippen molar-refractivity contribution in [3.8, 4) is 0 Å². The van der Waals surface area contributed by atoms with E-state index in [1.807, 2.05) is 4.90 Å². The van der Waals surface area contributed by atoms with Crippen molar-refractivity contribution in [1.82, 2.24) is 9.80 Å². The Bertz CT molecular complexity index is 673. The van der Waals surface area contributed by atoms with Gasteiger partial charge in [0, 0.05) is 31.1 Å². The van der Waals surface area contributed by atoms with Crippen molar-refractivity contribution in [3.63, 3.8) is 0 Å². The van der Waals surface area contributed by atoms with Crippen LogP contribution in [0.1, 0.15) is 45.8 Å². The fourth-order valence-corrected chi connectivity index (χ4v) is 5.57. The standard InChI is InChI=1S/C18H24N2O4S/c21-12-15(22)19-8-4-18(5-9-19)16-13(3-10-24-18)11-14(25-16)17(23)20-6-1-2-7-20/h11,21H,1-10,12H2. The number of carbonyl (C=O) groups is 2. The highest BCUT2D eigenvalue weighted by Gasteiger charge is 2.43. The zero-order valence-corrected chi connectivity index (χ0v) is 15.1. The molecule has 4 rings (SSSR count). The van der Waals surface area contributed by atoms with Gasteiger partial charge in [0.05, 0.1) is 11.5 Å². The quantitative estimate of drug-likeness (QED) is 0.860. The summed E-state index contributed by atoms with van der Waals surface area (Å²) in [5.74, 6) is -0.0677. The molecule has 1 spiro atoms. The lowest BCUT2D eigenvalue weighted by Gasteiger charge is -2.43. The van der Waals surface area contributed by atoms with E-state index in [9.17, 15) is 9.59 Å². The molecule has 1 N–H and O–H groups in total. The summed E-state index contributed by atoms with van der Waals surface area (Å²) in [6, 6.07) is 2.07. The number of aliphatic hydroxyl groups excluding tert-OH is 1. The van der Waals surface area contributed by atoms with Gasteiger partial charge in [-0.3, -0.25) is 9.59 Å². The maximum Gasteiger partial charge on any atom is 0.263 e. The van der Waals surface area contributed by atoms with Crippen LogP contribution < -0.4 is 0 Å². The molecular weight excluding hydrogens is 340 g/mol. The molecule has 0 radical (unpaired) electrons. The largest absolute Gasteiger partial charge is 0.387 e. The van der Waals surface area contributed by atoms with Gasteiger partial charge in [0.2, 0.25) is 5.91 Å². The van der Waals surface area contributed by atoms with Crippen LogP contribution in [0.25, 0.3) is 0 Å². The van der Waals surface area contributed by atoms with E-state index in [-0.39, 0.29) is 17.4 Å². The van der Waals surface area contributed by atoms with Gasteiger partial charge in [0.1, 0.15) is 12.2 Å². The molecule has 0 aliphatic carbocycles. The SMILES string of the molecule is O=C(CO)N1CCC2(CC1)OCCc1cc(C(=O)N3CCCC3)sc12. The number of hydrogen-bond acceptors (Lipinski definition) is 5. The molecule has 25 heavy (non-hydrogen) atoms. The number of fused-ring (bicyclic) bond motifs is 2. The lowest BCUT2D eigenvalue weighted by atomic mass is 9.85. The lowest BCUT2D eigenvalue weighted by Crippen LogP contribution is -2.48. The zero-order chi connectivity index (χ0) is 17.4. The van der Waals surface area contributed by atoms with E-state index < -0.39 is 6.61 Å². The maximum atomic E-state index is 12.7. The molecule has 0 aromatic carbocycles. The van der Waals surface area contributed by atoms with Crippen LogP contribution >= 0.6 is 11.3 Å². The average molecular weight is 364 g/mol. The molecule has 6 nitrogen and oxygen atoms in total. The second-order valence-corrected chi connectivity index (χ2v) is 8.15. The first-order valence-corrected chi connectivity index (χ1v) is 9.90. The zero-order valence-electron chi connectivity index (χ0n) is 14.3. The summed E-state index contributed by atoms with van der Waals surface area (Å²) in [5, 5.41) is 9.05. The third kappa shape index (κ3) is 2.98. The molecule has 0 bridgehead atoms. The number of hydrogen-bond donors (Lipinski definition) is 1. The number of thiophene rings is 1. The summed E-state index contributed by atoms with van der Waals surface area (Å²) in [6.45, 7) is 3.13. The monoisotopic (exact) mass is 364 g/mol. The van der Waals surface area contributed by atoms with Gasteiger partial charge in [-0.15, -0.1) is 11.3 Å². The van der Waals surface area contributed by atoms with Gasteiger partial charge in [-0.25, -0.2) is 0 Å². The number of aliphatic hydroxyl groups is 1. The van der Waals surface area contributed by atoms with Crippen molar-refractivity contribution in [2.75, 3.05) is 39.4 Å². The lowest BCUT2D eigenvalue weighted by molar-refractivity contribution is -0.143. The first-order valence-electron chi connectivity index (χ1n) is 9.08. The van der Waals surface area contributed by atoms with Crippen LogP contribution in [0.3, 0.4) is 0 Å². The maximum absolute atomic E-state index is 12.7. The summed E-state index contributed by atoms with van der Waals surface area (Å²) in [4.78, 5) is 30.1. The Morgan fingerprint density at radius 2 is 1.88 bits per heavy atom. The van der Waals surface area contributed by atoms with Crippen LogP contribution in [0, 0.1) is 0 Å². The van der Waals surface area contributed by atoms with E-state index in [0.717, 1.165) is 50.1 Å². The van der Waals surface area contributed by atoms with Crippen molar-refractivity contribution < 1.29 is 19.4 Å². The molecular formula is C18H24N2O4S. The molecule has 136 valence electrons. The fraction of sp³-hybridized carbons (Fsp3) is 0.667. The first-order chi connectivity index (χ1) is 12.1. The molecule has 0 saturated carbocycles. The van der Waals surface area contributed by atoms with Crippen molar-refractivity contribution in [3.05, 3.63) is 21.4 Å². The molecule has 4 heterocycles. The molecule has 3 aliphatic heterocycles. The summed E-state index contributed by atoms with van der Waals surface area (Å²) in [6.07, 6.45) is 4.49. The minimum absolute atomic E-state index is 0.153. The van der Waals surface area contributed by atoms with E-state index in [1.54, 1.807) is 16.2 Å². The van der Waals surface area contributed by atoms with Crippen LogP contribution in [-0.2, 0) is 21.6 Å². The molecule has 1 aromatic heterocycles. The summed E-state index contributed by atoms with van der Waals surface area (Å²) < 4.78 is 6.20. The highest BCUT2D eigenvalue weighted by atomic mass is 32.1. The van der Waals surface area contributed by atoms with Crippen molar-refractivity contribution in [1.29, 1.82) is 0 Å². The average Bonchev–Trinajstić information content (AvgIpc) is 3.32. The van der Waals surface area contributed by atoms with Crippen LogP contribution in [0.2, 0.25) is 0 Å². The molecule has 0 unspecified atom stereocenters. The predicted octanol–water partition coefficient (Wildman–Crippen LogP) is 1.37. The summed E-state index contributed by atoms with van der Waals surface area (Å²) in [7, 11) is 0. The first kappa shape index (κ1) is 17.0. The Labute approximate surface area is 151 Å². The molecule has 0 atom stereocenters. The second kappa shape index (κ2) is 6.70. The van der Waals surface area contributed by atoms with E-state index in [4.69, 9.17) is 9.84 Å². The highest BCUT2D eigenvalue weighted by Crippen LogP contribution is 2.45. The number of rotatable bonds is 2. The minimum atomic E-state index is -0.438. The van der Waals surface area contributed by atoms with Crippen LogP contribution in [0.5, 0.6) is 0 Å². The topological polar surface area (TPSA) is 70.1 Å². The molecule has 2 amide bonds. The molecule has 1 aromatic rings. The molecule has 3 aliphatic rings. The normalized spacial score (nSPS) is 22.3. The Balaban J connectivity index is 1.56. The Morgan fingerprint density at radius 3 is 2.56 bits per heavy atom. The third-order valence-corrected chi connectivity index (χ3v) is 6.99. The van der Waals surface area contributed by atoms with Crippen LogP contribution in [0.4, 0.5) is 0 Å². The summed E-state index contributed by atoms with van der Waals surface area (Å²) >= 11 is 1.58. The van der Waals surface area contributed by atoms with Crippen LogP contribution in [0.15, 0.2) is 6.07 Å². The number of nitrogens with zero attached hydrogens (tertiary/aromatic N) is 2. The molecule has 2 fully saturated rings. The van der Waals surface area contributed by atoms with Gasteiger partial charge >= 0.3 is 0 Å². The van der Waals surface area contributed by atoms with Gasteiger partial charge in [-0.1, -0.05) is 0 Å². The molecule has 2 saturated heterocycles. The number of likely N-dealkylation sites (tertiary alicyclic amines) is 2. The number of amides is 2. The van der Waals surface area contributed by atoms with E-state index in [0.29, 0.717) is 19.7 Å². The number of ether oxygens (including phenoxy) is 1. The Kier molecular flexibility index (Phi) is 4.56. The number of piperidine rings is 1. The van der Waals surface area contributed by atoms with E-state index >= 15 is 0 Å². The highest BCUT2D eigenvalue weighted by molar-refractivity contribution is 7.14. The van der Waals surface area contributed by atoms with Crippen molar-refractivity contribution >= 4 is 23.2 Å². The summed E-state index contributed by atoms with van der Waals surface area (Å²) in [5.41, 5.74) is 0.870. The number of carbonyl (C=O) groups excluding carboxylic acids is 2. The van der Waals surface area contributed by atoms with Crippen molar-refractivity contribution in [2.24, 2.45) is 0 Å². The van der Waals surface area contributed by atoms with Crippen LogP contribution in [-0.4, -0.2) is 66.1 Å². The fourth-order valence-electron chi connectivity index (χ4n) is 4.19. The van der Waals surface area contributed by atoms with Gasteiger partial charge in [-0.05, 0) is 43.7 Å². The van der Waals surface area contributed by atoms with Gasteiger partial charge < -0.3 is 19.6 Å². The van der Waals surface area contributed by atoms with Crippen molar-refractivity contribution in [2.45, 2.75) is 37.7 Å². The second-order valence-electron chi connectivity index (χ2n) is 7.10. The Morgan fingerprint density at radius 1 is 1.16 bits per heavy atom. The van der Waals surface area contributed by atoms with Gasteiger partial charge in [0.15, 0.2) is 0 Å².